The van der Waals surface area contributed by atoms with Gasteiger partial charge >= 0.3 is 26.2 Å². The van der Waals surface area contributed by atoms with Crippen molar-refractivity contribution in [2.45, 2.75) is 116 Å². The van der Waals surface area contributed by atoms with Crippen molar-refractivity contribution in [1.29, 1.82) is 0 Å². The molecule has 0 heterocycles. The molecule has 0 saturated heterocycles. The molecule has 0 aromatic carbocycles. The Kier molecular flexibility index (Phi) is 13.0. The average Bonchev–Trinajstić information content (AvgIpc) is 3.27. The molecule has 4 aliphatic carbocycles. The standard InChI is InChI=1S/C32H54O2Si2.2CH3.Zr/c1-31(2,3)35(7,8)33-29-21-23-15-11-13-17-25(23)27(29)19-20-28-26-18-14-12-16-24(26)22-30(28)34-36(9,10)32(4,5)6;;;/h11-18,23-30H,19-22H2,1-10H3;2*1H3;/q;2*-1;+4. The zero-order chi connectivity index (χ0) is 26.5. The first-order valence-electron chi connectivity index (χ1n) is 14.7. The maximum absolute atomic E-state index is 7.16. The summed E-state index contributed by atoms with van der Waals surface area (Å²) in [6, 6.07) is 0. The summed E-state index contributed by atoms with van der Waals surface area (Å²) in [4.78, 5) is 0. The molecule has 0 amide bonds. The molecule has 2 nitrogen and oxygen atoms in total. The van der Waals surface area contributed by atoms with Gasteiger partial charge in [-0.3, -0.25) is 0 Å². The normalized spacial score (nSPS) is 33.6. The van der Waals surface area contributed by atoms with Gasteiger partial charge in [-0.25, -0.2) is 0 Å². The Morgan fingerprint density at radius 3 is 1.21 bits per heavy atom. The fourth-order valence-electron chi connectivity index (χ4n) is 6.64. The van der Waals surface area contributed by atoms with E-state index in [9.17, 15) is 0 Å². The second-order valence-electron chi connectivity index (χ2n) is 15.2. The molecule has 39 heavy (non-hydrogen) atoms. The van der Waals surface area contributed by atoms with Gasteiger partial charge in [0, 0.05) is 12.2 Å². The van der Waals surface area contributed by atoms with Crippen LogP contribution in [0, 0.1) is 50.4 Å². The zero-order valence-electron chi connectivity index (χ0n) is 27.4. The monoisotopic (exact) mass is 646 g/mol. The molecule has 8 atom stereocenters. The summed E-state index contributed by atoms with van der Waals surface area (Å²) in [5.74, 6) is 3.76. The predicted octanol–water partition coefficient (Wildman–Crippen LogP) is 10.2. The summed E-state index contributed by atoms with van der Waals surface area (Å²) in [6.07, 6.45) is 24.6. The quantitative estimate of drug-likeness (QED) is 0.202. The van der Waals surface area contributed by atoms with Gasteiger partial charge in [0.25, 0.3) is 0 Å². The van der Waals surface area contributed by atoms with Crippen LogP contribution in [0.15, 0.2) is 48.6 Å². The summed E-state index contributed by atoms with van der Waals surface area (Å²) in [5, 5.41) is 0.494. The summed E-state index contributed by atoms with van der Waals surface area (Å²) in [6.45, 7) is 24.0. The van der Waals surface area contributed by atoms with Gasteiger partial charge in [-0.1, -0.05) is 90.2 Å². The van der Waals surface area contributed by atoms with Crippen molar-refractivity contribution < 1.29 is 35.1 Å². The van der Waals surface area contributed by atoms with Crippen molar-refractivity contribution >= 4 is 16.6 Å². The number of hydrogen-bond donors (Lipinski definition) is 0. The van der Waals surface area contributed by atoms with Crippen LogP contribution >= 0.6 is 0 Å². The van der Waals surface area contributed by atoms with Crippen molar-refractivity contribution in [3.63, 3.8) is 0 Å². The number of allylic oxidation sites excluding steroid dienone is 8. The molecule has 0 bridgehead atoms. The predicted molar refractivity (Wildman–Crippen MR) is 173 cm³/mol. The van der Waals surface area contributed by atoms with Gasteiger partial charge in [0.05, 0.1) is 0 Å². The fourth-order valence-corrected chi connectivity index (χ4v) is 9.40. The Hall–Kier alpha value is 0.197. The minimum absolute atomic E-state index is 0. The topological polar surface area (TPSA) is 18.5 Å². The zero-order valence-corrected chi connectivity index (χ0v) is 31.8. The van der Waals surface area contributed by atoms with E-state index < -0.39 is 16.6 Å². The molecular formula is C34H60O2Si2Zr+2. The van der Waals surface area contributed by atoms with E-state index in [0.717, 1.165) is 0 Å². The fraction of sp³-hybridized carbons (Fsp3) is 0.706. The molecule has 8 unspecified atom stereocenters. The first kappa shape index (κ1) is 37.2. The molecule has 0 aromatic rings. The van der Waals surface area contributed by atoms with Crippen LogP contribution in [0.3, 0.4) is 0 Å². The van der Waals surface area contributed by atoms with Crippen molar-refractivity contribution in [2.24, 2.45) is 35.5 Å². The molecule has 5 heteroatoms. The van der Waals surface area contributed by atoms with E-state index in [4.69, 9.17) is 8.85 Å². The van der Waals surface area contributed by atoms with Crippen LogP contribution in [0.1, 0.15) is 67.2 Å². The van der Waals surface area contributed by atoms with E-state index in [1.165, 1.54) is 25.7 Å². The number of rotatable bonds is 7. The van der Waals surface area contributed by atoms with E-state index in [1.807, 2.05) is 0 Å². The van der Waals surface area contributed by atoms with Gasteiger partial charge in [-0.15, -0.1) is 0 Å². The summed E-state index contributed by atoms with van der Waals surface area (Å²) in [5.41, 5.74) is 0. The largest absolute Gasteiger partial charge is 4.00 e. The Bertz CT molecular complexity index is 831. The SMILES string of the molecule is CC(C)(C)[Si](C)(C)OC1CC2C=CC=CC2C1CCC1C(O[Si](C)(C)C(C)(C)C)CC2C=CC=CC21.[CH3-].[CH3-].[Zr+4]. The van der Waals surface area contributed by atoms with E-state index in [2.05, 4.69) is 116 Å². The first-order valence-corrected chi connectivity index (χ1v) is 20.5. The van der Waals surface area contributed by atoms with Gasteiger partial charge in [-0.2, -0.15) is 0 Å². The molecular weight excluding hydrogens is 588 g/mol. The molecule has 2 fully saturated rings. The third-order valence-corrected chi connectivity index (χ3v) is 19.9. The Balaban J connectivity index is 0.00000253. The molecule has 4 rings (SSSR count). The van der Waals surface area contributed by atoms with E-state index in [0.29, 0.717) is 47.7 Å². The van der Waals surface area contributed by atoms with Crippen molar-refractivity contribution in [3.05, 3.63) is 63.5 Å². The summed E-state index contributed by atoms with van der Waals surface area (Å²) >= 11 is 0. The molecule has 0 radical (unpaired) electrons. The Morgan fingerprint density at radius 2 is 0.897 bits per heavy atom. The molecule has 0 aromatic heterocycles. The molecule has 0 spiro atoms. The summed E-state index contributed by atoms with van der Waals surface area (Å²) < 4.78 is 14.3. The number of hydrogen-bond acceptors (Lipinski definition) is 2. The average molecular weight is 648 g/mol. The third kappa shape index (κ3) is 7.98. The van der Waals surface area contributed by atoms with Crippen molar-refractivity contribution in [1.82, 2.24) is 0 Å². The van der Waals surface area contributed by atoms with Crippen LogP contribution < -0.4 is 0 Å². The molecule has 218 valence electrons. The van der Waals surface area contributed by atoms with Gasteiger partial charge in [0.2, 0.25) is 0 Å². The van der Waals surface area contributed by atoms with Crippen LogP contribution in [0.25, 0.3) is 0 Å². The van der Waals surface area contributed by atoms with Gasteiger partial charge in [-0.05, 0) is 97.5 Å². The van der Waals surface area contributed by atoms with E-state index in [-0.39, 0.29) is 51.1 Å². The van der Waals surface area contributed by atoms with Gasteiger partial charge < -0.3 is 23.7 Å². The number of fused-ring (bicyclic) bond motifs is 2. The maximum Gasteiger partial charge on any atom is 4.00 e. The Labute approximate surface area is 264 Å². The van der Waals surface area contributed by atoms with E-state index in [1.54, 1.807) is 0 Å². The van der Waals surface area contributed by atoms with Crippen molar-refractivity contribution in [3.8, 4) is 0 Å². The molecule has 4 aliphatic rings. The second-order valence-corrected chi connectivity index (χ2v) is 24.7. The van der Waals surface area contributed by atoms with Gasteiger partial charge in [0.15, 0.2) is 16.6 Å². The third-order valence-electron chi connectivity index (χ3n) is 10.9. The first-order chi connectivity index (χ1) is 16.6. The Morgan fingerprint density at radius 1 is 0.590 bits per heavy atom. The maximum atomic E-state index is 7.16. The molecule has 0 aliphatic heterocycles. The minimum Gasteiger partial charge on any atom is -0.414 e. The smallest absolute Gasteiger partial charge is 0.414 e. The van der Waals surface area contributed by atoms with Crippen LogP contribution in [-0.2, 0) is 35.1 Å². The van der Waals surface area contributed by atoms with Crippen LogP contribution in [-0.4, -0.2) is 28.8 Å². The molecule has 0 N–H and O–H groups in total. The van der Waals surface area contributed by atoms with Crippen LogP contribution in [0.5, 0.6) is 0 Å². The van der Waals surface area contributed by atoms with Crippen LogP contribution in [0.2, 0.25) is 36.3 Å². The molecule has 2 saturated carbocycles. The second kappa shape index (κ2) is 13.7. The van der Waals surface area contributed by atoms with Crippen LogP contribution in [0.4, 0.5) is 0 Å². The minimum atomic E-state index is -1.82. The van der Waals surface area contributed by atoms with E-state index >= 15 is 0 Å². The van der Waals surface area contributed by atoms with Gasteiger partial charge in [0.1, 0.15) is 0 Å². The summed E-state index contributed by atoms with van der Waals surface area (Å²) in [7, 11) is -3.64. The van der Waals surface area contributed by atoms with Crippen molar-refractivity contribution in [2.75, 3.05) is 0 Å².